The summed E-state index contributed by atoms with van der Waals surface area (Å²) in [7, 11) is 0. The quantitative estimate of drug-likeness (QED) is 0.674. The lowest BCUT2D eigenvalue weighted by atomic mass is 10.1. The van der Waals surface area contributed by atoms with E-state index < -0.39 is 0 Å². The average molecular weight is 278 g/mol. The molecule has 0 aliphatic heterocycles. The van der Waals surface area contributed by atoms with Gasteiger partial charge < -0.3 is 11.1 Å². The van der Waals surface area contributed by atoms with Gasteiger partial charge in [0.2, 0.25) is 0 Å². The van der Waals surface area contributed by atoms with Crippen LogP contribution in [-0.2, 0) is 0 Å². The monoisotopic (exact) mass is 278 g/mol. The molecule has 0 fully saturated rings. The fourth-order valence-electron chi connectivity index (χ4n) is 2.17. The molecule has 0 unspecified atom stereocenters. The lowest BCUT2D eigenvalue weighted by Gasteiger charge is -2.10. The number of hydrogen-bond acceptors (Lipinski definition) is 2. The number of benzene rings is 3. The SMILES string of the molecule is Nc1ccc(F)cc1Nc1ccc(-c2ccccc2)cc1. The molecule has 0 radical (unpaired) electrons. The second-order valence-corrected chi connectivity index (χ2v) is 4.80. The van der Waals surface area contributed by atoms with E-state index in [0.29, 0.717) is 11.4 Å². The Kier molecular flexibility index (Phi) is 3.56. The average Bonchev–Trinajstić information content (AvgIpc) is 2.53. The van der Waals surface area contributed by atoms with Crippen molar-refractivity contribution in [3.05, 3.63) is 78.6 Å². The molecule has 0 bridgehead atoms. The molecule has 0 heterocycles. The molecule has 3 N–H and O–H groups in total. The van der Waals surface area contributed by atoms with Crippen LogP contribution in [0.3, 0.4) is 0 Å². The molecule has 0 saturated carbocycles. The second-order valence-electron chi connectivity index (χ2n) is 4.80. The molecule has 2 nitrogen and oxygen atoms in total. The Bertz CT molecular complexity index is 737. The van der Waals surface area contributed by atoms with Crippen molar-refractivity contribution < 1.29 is 4.39 Å². The van der Waals surface area contributed by atoms with E-state index in [1.54, 1.807) is 6.07 Å². The molecule has 0 aromatic heterocycles. The van der Waals surface area contributed by atoms with E-state index in [9.17, 15) is 4.39 Å². The van der Waals surface area contributed by atoms with Crippen LogP contribution in [0.15, 0.2) is 72.8 Å². The molecule has 3 aromatic rings. The number of anilines is 3. The topological polar surface area (TPSA) is 38.0 Å². The van der Waals surface area contributed by atoms with Gasteiger partial charge in [-0.2, -0.15) is 0 Å². The van der Waals surface area contributed by atoms with Crippen molar-refractivity contribution in [1.82, 2.24) is 0 Å². The summed E-state index contributed by atoms with van der Waals surface area (Å²) in [5.41, 5.74) is 10.1. The van der Waals surface area contributed by atoms with E-state index in [1.165, 1.54) is 12.1 Å². The minimum atomic E-state index is -0.312. The van der Waals surface area contributed by atoms with Gasteiger partial charge in [0.15, 0.2) is 0 Å². The lowest BCUT2D eigenvalue weighted by Crippen LogP contribution is -1.96. The van der Waals surface area contributed by atoms with Gasteiger partial charge in [0.25, 0.3) is 0 Å². The highest BCUT2D eigenvalue weighted by Gasteiger charge is 2.02. The first kappa shape index (κ1) is 13.2. The Balaban J connectivity index is 1.83. The number of rotatable bonds is 3. The van der Waals surface area contributed by atoms with Gasteiger partial charge in [-0.3, -0.25) is 0 Å². The molecule has 104 valence electrons. The third kappa shape index (κ3) is 3.03. The smallest absolute Gasteiger partial charge is 0.125 e. The van der Waals surface area contributed by atoms with Gasteiger partial charge in [0.1, 0.15) is 5.82 Å². The molecule has 21 heavy (non-hydrogen) atoms. The first-order chi connectivity index (χ1) is 10.2. The summed E-state index contributed by atoms with van der Waals surface area (Å²) in [4.78, 5) is 0. The fraction of sp³-hybridized carbons (Fsp3) is 0. The minimum Gasteiger partial charge on any atom is -0.397 e. The predicted octanol–water partition coefficient (Wildman–Crippen LogP) is 4.82. The summed E-state index contributed by atoms with van der Waals surface area (Å²) in [6.45, 7) is 0. The van der Waals surface area contributed by atoms with Gasteiger partial charge in [-0.15, -0.1) is 0 Å². The van der Waals surface area contributed by atoms with Crippen molar-refractivity contribution in [2.75, 3.05) is 11.1 Å². The van der Waals surface area contributed by atoms with Crippen molar-refractivity contribution in [2.24, 2.45) is 0 Å². The van der Waals surface area contributed by atoms with Crippen LogP contribution in [0.25, 0.3) is 11.1 Å². The van der Waals surface area contributed by atoms with Crippen LogP contribution in [0, 0.1) is 5.82 Å². The summed E-state index contributed by atoms with van der Waals surface area (Å²) in [6, 6.07) is 22.4. The maximum absolute atomic E-state index is 13.2. The van der Waals surface area contributed by atoms with Crippen LogP contribution in [0.5, 0.6) is 0 Å². The highest BCUT2D eigenvalue weighted by molar-refractivity contribution is 5.74. The molecule has 3 rings (SSSR count). The van der Waals surface area contributed by atoms with Gasteiger partial charge in [-0.1, -0.05) is 42.5 Å². The third-order valence-electron chi connectivity index (χ3n) is 3.29. The number of halogens is 1. The lowest BCUT2D eigenvalue weighted by molar-refractivity contribution is 0.628. The van der Waals surface area contributed by atoms with Gasteiger partial charge >= 0.3 is 0 Å². The summed E-state index contributed by atoms with van der Waals surface area (Å²) < 4.78 is 13.2. The van der Waals surface area contributed by atoms with Crippen LogP contribution in [0.1, 0.15) is 0 Å². The molecule has 0 aliphatic carbocycles. The van der Waals surface area contributed by atoms with E-state index >= 15 is 0 Å². The maximum atomic E-state index is 13.2. The van der Waals surface area contributed by atoms with Crippen LogP contribution < -0.4 is 11.1 Å². The first-order valence-corrected chi connectivity index (χ1v) is 6.70. The molecule has 3 heteroatoms. The largest absolute Gasteiger partial charge is 0.397 e. The normalized spacial score (nSPS) is 10.3. The van der Waals surface area contributed by atoms with Gasteiger partial charge in [0.05, 0.1) is 11.4 Å². The zero-order valence-electron chi connectivity index (χ0n) is 11.4. The summed E-state index contributed by atoms with van der Waals surface area (Å²) in [5, 5.41) is 3.13. The molecule has 0 spiro atoms. The highest BCUT2D eigenvalue weighted by Crippen LogP contribution is 2.26. The Hall–Kier alpha value is -2.81. The number of nitrogens with one attached hydrogen (secondary N) is 1. The molecule has 0 saturated heterocycles. The second kappa shape index (κ2) is 5.67. The molecule has 0 amide bonds. The zero-order chi connectivity index (χ0) is 14.7. The van der Waals surface area contributed by atoms with Crippen molar-refractivity contribution in [1.29, 1.82) is 0 Å². The summed E-state index contributed by atoms with van der Waals surface area (Å²) in [6.07, 6.45) is 0. The summed E-state index contributed by atoms with van der Waals surface area (Å²) in [5.74, 6) is -0.312. The van der Waals surface area contributed by atoms with E-state index in [1.807, 2.05) is 42.5 Å². The van der Waals surface area contributed by atoms with Gasteiger partial charge in [-0.25, -0.2) is 4.39 Å². The van der Waals surface area contributed by atoms with E-state index in [2.05, 4.69) is 17.4 Å². The van der Waals surface area contributed by atoms with Gasteiger partial charge in [0, 0.05) is 5.69 Å². The van der Waals surface area contributed by atoms with Crippen LogP contribution in [0.4, 0.5) is 21.5 Å². The number of hydrogen-bond donors (Lipinski definition) is 2. The van der Waals surface area contributed by atoms with Crippen molar-refractivity contribution in [3.8, 4) is 11.1 Å². The Morgan fingerprint density at radius 2 is 1.43 bits per heavy atom. The standard InChI is InChI=1S/C18H15FN2/c19-15-8-11-17(20)18(12-15)21-16-9-6-14(7-10-16)13-4-2-1-3-5-13/h1-12,21H,20H2. The molecule has 0 atom stereocenters. The van der Waals surface area contributed by atoms with Crippen LogP contribution >= 0.6 is 0 Å². The van der Waals surface area contributed by atoms with E-state index in [-0.39, 0.29) is 5.82 Å². The van der Waals surface area contributed by atoms with Crippen LogP contribution in [0.2, 0.25) is 0 Å². The molecule has 3 aromatic carbocycles. The van der Waals surface area contributed by atoms with E-state index in [4.69, 9.17) is 5.73 Å². The Morgan fingerprint density at radius 3 is 2.14 bits per heavy atom. The number of nitrogen functional groups attached to an aromatic ring is 1. The zero-order valence-corrected chi connectivity index (χ0v) is 11.4. The number of nitrogens with two attached hydrogens (primary N) is 1. The van der Waals surface area contributed by atoms with Crippen molar-refractivity contribution in [3.63, 3.8) is 0 Å². The highest BCUT2D eigenvalue weighted by atomic mass is 19.1. The van der Waals surface area contributed by atoms with Gasteiger partial charge in [-0.05, 0) is 41.5 Å². The fourth-order valence-corrected chi connectivity index (χ4v) is 2.17. The van der Waals surface area contributed by atoms with E-state index in [0.717, 1.165) is 16.8 Å². The Morgan fingerprint density at radius 1 is 0.762 bits per heavy atom. The Labute approximate surface area is 123 Å². The van der Waals surface area contributed by atoms with Crippen molar-refractivity contribution in [2.45, 2.75) is 0 Å². The minimum absolute atomic E-state index is 0.312. The van der Waals surface area contributed by atoms with Crippen LogP contribution in [-0.4, -0.2) is 0 Å². The predicted molar refractivity (Wildman–Crippen MR) is 86.0 cm³/mol. The van der Waals surface area contributed by atoms with Crippen molar-refractivity contribution >= 4 is 17.1 Å². The first-order valence-electron chi connectivity index (χ1n) is 6.70. The molecular formula is C18H15FN2. The summed E-state index contributed by atoms with van der Waals surface area (Å²) >= 11 is 0. The third-order valence-corrected chi connectivity index (χ3v) is 3.29. The molecule has 0 aliphatic rings. The maximum Gasteiger partial charge on any atom is 0.125 e. The molecular weight excluding hydrogens is 263 g/mol.